The van der Waals surface area contributed by atoms with Gasteiger partial charge in [-0.15, -0.1) is 0 Å². The zero-order chi connectivity index (χ0) is 14.8. The minimum absolute atomic E-state index is 0.0642. The highest BCUT2D eigenvalue weighted by molar-refractivity contribution is 7.99. The Labute approximate surface area is 126 Å². The summed E-state index contributed by atoms with van der Waals surface area (Å²) in [6.45, 7) is 1.95. The number of hydrogen-bond acceptors (Lipinski definition) is 5. The quantitative estimate of drug-likeness (QED) is 0.774. The first-order valence-electron chi connectivity index (χ1n) is 6.59. The van der Waals surface area contributed by atoms with Gasteiger partial charge < -0.3 is 15.5 Å². The fourth-order valence-electron chi connectivity index (χ4n) is 2.07. The Balaban J connectivity index is 1.95. The van der Waals surface area contributed by atoms with Crippen LogP contribution < -0.4 is 10.5 Å². The number of aromatic nitrogens is 3. The molecule has 0 aliphatic heterocycles. The second-order valence-electron chi connectivity index (χ2n) is 4.71. The largest absolute Gasteiger partial charge is 0.497 e. The summed E-state index contributed by atoms with van der Waals surface area (Å²) in [5.74, 6) is 0.803. The maximum Gasteiger partial charge on any atom is 0.172 e. The highest BCUT2D eigenvalue weighted by Crippen LogP contribution is 2.31. The molecule has 0 aliphatic rings. The molecule has 1 aromatic carbocycles. The molecule has 0 radical (unpaired) electrons. The predicted molar refractivity (Wildman–Crippen MR) is 83.6 cm³/mol. The van der Waals surface area contributed by atoms with Crippen LogP contribution in [0, 0.1) is 0 Å². The lowest BCUT2D eigenvalue weighted by Crippen LogP contribution is -2.07. The van der Waals surface area contributed by atoms with Gasteiger partial charge in [0.05, 0.1) is 18.1 Å². The van der Waals surface area contributed by atoms with E-state index >= 15 is 0 Å². The summed E-state index contributed by atoms with van der Waals surface area (Å²) in [4.78, 5) is 12.2. The Bertz CT molecular complexity index is 769. The monoisotopic (exact) mass is 300 g/mol. The van der Waals surface area contributed by atoms with Gasteiger partial charge in [0.25, 0.3) is 0 Å². The lowest BCUT2D eigenvalue weighted by molar-refractivity contribution is 0.415. The van der Waals surface area contributed by atoms with Gasteiger partial charge in [0.2, 0.25) is 0 Å². The number of nitrogens with zero attached hydrogens (tertiary/aromatic N) is 2. The molecular weight excluding hydrogens is 284 g/mol. The summed E-state index contributed by atoms with van der Waals surface area (Å²) in [6, 6.07) is 9.58. The SMILES string of the molecule is COc1ccc2nc(Sc3ncccc3[C@H](C)N)[nH]c2c1. The summed E-state index contributed by atoms with van der Waals surface area (Å²) in [7, 11) is 1.65. The smallest absolute Gasteiger partial charge is 0.172 e. The lowest BCUT2D eigenvalue weighted by atomic mass is 10.2. The number of pyridine rings is 1. The molecule has 0 amide bonds. The first-order valence-corrected chi connectivity index (χ1v) is 7.41. The van der Waals surface area contributed by atoms with E-state index in [0.29, 0.717) is 0 Å². The third-order valence-corrected chi connectivity index (χ3v) is 4.07. The highest BCUT2D eigenvalue weighted by Gasteiger charge is 2.12. The molecule has 0 saturated carbocycles. The van der Waals surface area contributed by atoms with Crippen molar-refractivity contribution in [3.8, 4) is 5.75 Å². The number of imidazole rings is 1. The minimum Gasteiger partial charge on any atom is -0.497 e. The zero-order valence-electron chi connectivity index (χ0n) is 11.8. The molecule has 0 spiro atoms. The van der Waals surface area contributed by atoms with Gasteiger partial charge in [0.1, 0.15) is 10.8 Å². The van der Waals surface area contributed by atoms with E-state index in [1.54, 1.807) is 13.3 Å². The molecule has 21 heavy (non-hydrogen) atoms. The van der Waals surface area contributed by atoms with E-state index in [4.69, 9.17) is 10.5 Å². The first-order chi connectivity index (χ1) is 10.2. The number of nitrogens with one attached hydrogen (secondary N) is 1. The fraction of sp³-hybridized carbons (Fsp3) is 0.200. The molecule has 3 rings (SSSR count). The Morgan fingerprint density at radius 3 is 2.95 bits per heavy atom. The second-order valence-corrected chi connectivity index (χ2v) is 5.69. The number of ether oxygens (including phenoxy) is 1. The van der Waals surface area contributed by atoms with E-state index in [-0.39, 0.29) is 6.04 Å². The Morgan fingerprint density at radius 2 is 2.19 bits per heavy atom. The summed E-state index contributed by atoms with van der Waals surface area (Å²) in [5.41, 5.74) is 8.83. The van der Waals surface area contributed by atoms with Crippen LogP contribution in [0.5, 0.6) is 5.75 Å². The molecule has 108 valence electrons. The number of H-pyrrole nitrogens is 1. The van der Waals surface area contributed by atoms with E-state index in [1.165, 1.54) is 11.8 Å². The van der Waals surface area contributed by atoms with Gasteiger partial charge in [-0.3, -0.25) is 0 Å². The normalized spacial score (nSPS) is 12.5. The Morgan fingerprint density at radius 1 is 1.33 bits per heavy atom. The van der Waals surface area contributed by atoms with Gasteiger partial charge in [-0.25, -0.2) is 9.97 Å². The van der Waals surface area contributed by atoms with Crippen LogP contribution >= 0.6 is 11.8 Å². The molecule has 6 heteroatoms. The zero-order valence-corrected chi connectivity index (χ0v) is 12.6. The first kappa shape index (κ1) is 13.9. The number of methoxy groups -OCH3 is 1. The maximum atomic E-state index is 5.98. The van der Waals surface area contributed by atoms with E-state index < -0.39 is 0 Å². The van der Waals surface area contributed by atoms with Gasteiger partial charge in [0.15, 0.2) is 5.16 Å². The van der Waals surface area contributed by atoms with Gasteiger partial charge in [-0.2, -0.15) is 0 Å². The number of aromatic amines is 1. The molecule has 2 aromatic heterocycles. The van der Waals surface area contributed by atoms with Crippen molar-refractivity contribution in [2.24, 2.45) is 5.73 Å². The van der Waals surface area contributed by atoms with Gasteiger partial charge in [0, 0.05) is 23.9 Å². The van der Waals surface area contributed by atoms with Crippen LogP contribution in [-0.2, 0) is 0 Å². The van der Waals surface area contributed by atoms with Crippen LogP contribution in [0.25, 0.3) is 11.0 Å². The molecule has 0 unspecified atom stereocenters. The van der Waals surface area contributed by atoms with Crippen molar-refractivity contribution in [3.63, 3.8) is 0 Å². The van der Waals surface area contributed by atoms with Gasteiger partial charge in [-0.05, 0) is 36.9 Å². The molecule has 2 heterocycles. The summed E-state index contributed by atoms with van der Waals surface area (Å²) in [5, 5.41) is 1.66. The van der Waals surface area contributed by atoms with E-state index in [0.717, 1.165) is 32.5 Å². The Hall–Kier alpha value is -2.05. The van der Waals surface area contributed by atoms with Gasteiger partial charge >= 0.3 is 0 Å². The summed E-state index contributed by atoms with van der Waals surface area (Å²) < 4.78 is 5.22. The maximum absolute atomic E-state index is 5.98. The summed E-state index contributed by atoms with van der Waals surface area (Å²) in [6.07, 6.45) is 1.76. The fourth-order valence-corrected chi connectivity index (χ4v) is 3.04. The number of fused-ring (bicyclic) bond motifs is 1. The lowest BCUT2D eigenvalue weighted by Gasteiger charge is -2.09. The van der Waals surface area contributed by atoms with Crippen LogP contribution in [0.2, 0.25) is 0 Å². The van der Waals surface area contributed by atoms with Crippen LogP contribution in [-0.4, -0.2) is 22.1 Å². The average molecular weight is 300 g/mol. The van der Waals surface area contributed by atoms with Crippen molar-refractivity contribution >= 4 is 22.8 Å². The molecule has 0 aliphatic carbocycles. The molecule has 0 fully saturated rings. The number of rotatable bonds is 4. The van der Waals surface area contributed by atoms with Crippen LogP contribution in [0.4, 0.5) is 0 Å². The van der Waals surface area contributed by atoms with Crippen LogP contribution in [0.15, 0.2) is 46.7 Å². The van der Waals surface area contributed by atoms with Crippen molar-refractivity contribution in [2.45, 2.75) is 23.1 Å². The topological polar surface area (TPSA) is 76.8 Å². The molecule has 0 saturated heterocycles. The predicted octanol–water partition coefficient (Wildman–Crippen LogP) is 3.14. The van der Waals surface area contributed by atoms with Crippen molar-refractivity contribution in [3.05, 3.63) is 42.1 Å². The van der Waals surface area contributed by atoms with Crippen molar-refractivity contribution < 1.29 is 4.74 Å². The van der Waals surface area contributed by atoms with Crippen molar-refractivity contribution in [2.75, 3.05) is 7.11 Å². The van der Waals surface area contributed by atoms with Crippen molar-refractivity contribution in [1.29, 1.82) is 0 Å². The second kappa shape index (κ2) is 5.75. The Kier molecular flexibility index (Phi) is 3.81. The number of hydrogen-bond donors (Lipinski definition) is 2. The van der Waals surface area contributed by atoms with Gasteiger partial charge in [-0.1, -0.05) is 6.07 Å². The third-order valence-electron chi connectivity index (χ3n) is 3.15. The van der Waals surface area contributed by atoms with Crippen LogP contribution in [0.1, 0.15) is 18.5 Å². The molecule has 0 bridgehead atoms. The standard InChI is InChI=1S/C15H16N4OS/c1-9(16)11-4-3-7-17-14(11)21-15-18-12-6-5-10(20-2)8-13(12)19-15/h3-9H,16H2,1-2H3,(H,18,19)/t9-/m0/s1. The van der Waals surface area contributed by atoms with E-state index in [1.807, 2.05) is 37.3 Å². The van der Waals surface area contributed by atoms with E-state index in [9.17, 15) is 0 Å². The third kappa shape index (κ3) is 2.86. The minimum atomic E-state index is -0.0642. The molecule has 3 N–H and O–H groups in total. The van der Waals surface area contributed by atoms with Crippen LogP contribution in [0.3, 0.4) is 0 Å². The molecule has 1 atom stereocenters. The molecular formula is C15H16N4OS. The van der Waals surface area contributed by atoms with E-state index in [2.05, 4.69) is 15.0 Å². The highest BCUT2D eigenvalue weighted by atomic mass is 32.2. The average Bonchev–Trinajstić information content (AvgIpc) is 2.88. The number of nitrogens with two attached hydrogens (primary N) is 1. The molecule has 5 nitrogen and oxygen atoms in total. The summed E-state index contributed by atoms with van der Waals surface area (Å²) >= 11 is 1.48. The van der Waals surface area contributed by atoms with Crippen molar-refractivity contribution in [1.82, 2.24) is 15.0 Å². The number of benzene rings is 1. The molecule has 3 aromatic rings.